The number of hydrogen-bond donors (Lipinski definition) is 3. The van der Waals surface area contributed by atoms with Crippen molar-refractivity contribution in [3.8, 4) is 0 Å². The number of carbonyl (C=O) groups is 3. The molecule has 0 saturated carbocycles. The monoisotopic (exact) mass is 432 g/mol. The predicted octanol–water partition coefficient (Wildman–Crippen LogP) is 0.714. The molecule has 10 heteroatoms. The molecule has 160 valence electrons. The van der Waals surface area contributed by atoms with E-state index in [1.807, 2.05) is 30.5 Å². The normalized spacial score (nSPS) is 23.1. The van der Waals surface area contributed by atoms with E-state index in [2.05, 4.69) is 15.6 Å². The average molecular weight is 433 g/mol. The van der Waals surface area contributed by atoms with Crippen LogP contribution in [0.25, 0.3) is 10.9 Å². The van der Waals surface area contributed by atoms with Crippen molar-refractivity contribution in [3.05, 3.63) is 36.0 Å². The molecule has 30 heavy (non-hydrogen) atoms. The van der Waals surface area contributed by atoms with Gasteiger partial charge >= 0.3 is 6.03 Å². The summed E-state index contributed by atoms with van der Waals surface area (Å²) in [7, 11) is -3.07. The fourth-order valence-corrected chi connectivity index (χ4v) is 5.71. The highest BCUT2D eigenvalue weighted by Crippen LogP contribution is 2.20. The number of rotatable bonds is 7. The van der Waals surface area contributed by atoms with E-state index in [0.29, 0.717) is 12.8 Å². The van der Waals surface area contributed by atoms with Gasteiger partial charge < -0.3 is 15.6 Å². The van der Waals surface area contributed by atoms with E-state index in [0.717, 1.165) is 16.5 Å². The quantitative estimate of drug-likeness (QED) is 0.555. The smallest absolute Gasteiger partial charge is 0.324 e. The largest absolute Gasteiger partial charge is 0.361 e. The summed E-state index contributed by atoms with van der Waals surface area (Å²) in [5, 5.41) is 6.40. The minimum absolute atomic E-state index is 0.0422. The zero-order valence-corrected chi connectivity index (χ0v) is 17.2. The van der Waals surface area contributed by atoms with Gasteiger partial charge in [0.05, 0.1) is 11.5 Å². The van der Waals surface area contributed by atoms with Crippen molar-refractivity contribution in [1.29, 1.82) is 0 Å². The summed E-state index contributed by atoms with van der Waals surface area (Å²) in [6.07, 6.45) is 3.05. The van der Waals surface area contributed by atoms with Gasteiger partial charge in [0.2, 0.25) is 5.91 Å². The number of amides is 4. The molecule has 2 fully saturated rings. The van der Waals surface area contributed by atoms with Gasteiger partial charge in [-0.05, 0) is 30.9 Å². The lowest BCUT2D eigenvalue weighted by atomic mass is 10.1. The SMILES string of the molecule is O=C(CC[C@H]1NC(=O)N(CCc2c[nH]c3ccccc23)C1=O)N[C@H]1CCS(=O)(=O)C1. The number of para-hydroxylation sites is 1. The molecular formula is C20H24N4O5S. The van der Waals surface area contributed by atoms with Gasteiger partial charge in [-0.2, -0.15) is 0 Å². The summed E-state index contributed by atoms with van der Waals surface area (Å²) in [4.78, 5) is 41.3. The van der Waals surface area contributed by atoms with Crippen LogP contribution >= 0.6 is 0 Å². The van der Waals surface area contributed by atoms with Crippen LogP contribution in [0.2, 0.25) is 0 Å². The summed E-state index contributed by atoms with van der Waals surface area (Å²) in [6.45, 7) is 0.259. The molecule has 0 spiro atoms. The van der Waals surface area contributed by atoms with Crippen LogP contribution in [0.3, 0.4) is 0 Å². The molecule has 2 aliphatic heterocycles. The molecule has 1 aromatic carbocycles. The lowest BCUT2D eigenvalue weighted by Gasteiger charge is -2.13. The van der Waals surface area contributed by atoms with E-state index in [4.69, 9.17) is 0 Å². The number of urea groups is 1. The van der Waals surface area contributed by atoms with Gasteiger partial charge in [0.25, 0.3) is 5.91 Å². The molecule has 2 atom stereocenters. The van der Waals surface area contributed by atoms with E-state index in [-0.39, 0.29) is 48.7 Å². The van der Waals surface area contributed by atoms with Crippen molar-refractivity contribution in [3.63, 3.8) is 0 Å². The minimum Gasteiger partial charge on any atom is -0.361 e. The molecule has 0 bridgehead atoms. The summed E-state index contributed by atoms with van der Waals surface area (Å²) < 4.78 is 22.9. The maximum absolute atomic E-state index is 12.6. The number of benzene rings is 1. The number of nitrogens with zero attached hydrogens (tertiary/aromatic N) is 1. The van der Waals surface area contributed by atoms with Gasteiger partial charge in [-0.15, -0.1) is 0 Å². The van der Waals surface area contributed by atoms with E-state index in [9.17, 15) is 22.8 Å². The molecule has 0 radical (unpaired) electrons. The van der Waals surface area contributed by atoms with E-state index < -0.39 is 21.9 Å². The van der Waals surface area contributed by atoms with Crippen molar-refractivity contribution in [2.75, 3.05) is 18.1 Å². The van der Waals surface area contributed by atoms with Gasteiger partial charge in [0.1, 0.15) is 6.04 Å². The highest BCUT2D eigenvalue weighted by molar-refractivity contribution is 7.91. The number of hydrogen-bond acceptors (Lipinski definition) is 5. The zero-order valence-electron chi connectivity index (χ0n) is 16.4. The van der Waals surface area contributed by atoms with Crippen molar-refractivity contribution in [1.82, 2.24) is 20.5 Å². The van der Waals surface area contributed by atoms with Gasteiger partial charge in [-0.3, -0.25) is 14.5 Å². The molecule has 3 N–H and O–H groups in total. The molecule has 2 aliphatic rings. The summed E-state index contributed by atoms with van der Waals surface area (Å²) in [5.74, 6) is -0.604. The third kappa shape index (κ3) is 4.33. The fourth-order valence-electron chi connectivity index (χ4n) is 4.04. The highest BCUT2D eigenvalue weighted by atomic mass is 32.2. The number of sulfone groups is 1. The van der Waals surface area contributed by atoms with Gasteiger partial charge in [-0.1, -0.05) is 18.2 Å². The fraction of sp³-hybridized carbons (Fsp3) is 0.450. The number of carbonyl (C=O) groups excluding carboxylic acids is 3. The third-order valence-corrected chi connectivity index (χ3v) is 7.41. The van der Waals surface area contributed by atoms with Crippen LogP contribution in [0.15, 0.2) is 30.5 Å². The van der Waals surface area contributed by atoms with Crippen LogP contribution in [0.4, 0.5) is 4.79 Å². The second-order valence-electron chi connectivity index (χ2n) is 7.81. The van der Waals surface area contributed by atoms with Crippen LogP contribution in [0.5, 0.6) is 0 Å². The number of fused-ring (bicyclic) bond motifs is 1. The molecule has 3 heterocycles. The Hall–Kier alpha value is -2.88. The van der Waals surface area contributed by atoms with Crippen LogP contribution < -0.4 is 10.6 Å². The molecule has 4 amide bonds. The first kappa shape index (κ1) is 20.4. The van der Waals surface area contributed by atoms with Crippen LogP contribution in [-0.2, 0) is 25.8 Å². The number of aromatic nitrogens is 1. The maximum atomic E-state index is 12.6. The zero-order chi connectivity index (χ0) is 21.3. The molecule has 0 unspecified atom stereocenters. The Bertz CT molecular complexity index is 1090. The maximum Gasteiger partial charge on any atom is 0.324 e. The van der Waals surface area contributed by atoms with Crippen LogP contribution in [0, 0.1) is 0 Å². The Kier molecular flexibility index (Phi) is 5.50. The standard InChI is InChI=1S/C20H24N4O5S/c25-18(22-14-8-10-30(28,29)12-14)6-5-17-19(26)24(20(27)23-17)9-7-13-11-21-16-4-2-1-3-15(13)16/h1-4,11,14,17,21H,5-10,12H2,(H,22,25)(H,23,27)/t14-,17+/m0/s1. The Morgan fingerprint density at radius 2 is 2.03 bits per heavy atom. The first-order valence-electron chi connectivity index (χ1n) is 9.99. The molecule has 9 nitrogen and oxygen atoms in total. The topological polar surface area (TPSA) is 128 Å². The molecule has 2 saturated heterocycles. The minimum atomic E-state index is -3.07. The summed E-state index contributed by atoms with van der Waals surface area (Å²) in [5.41, 5.74) is 2.03. The van der Waals surface area contributed by atoms with E-state index in [1.54, 1.807) is 0 Å². The van der Waals surface area contributed by atoms with Crippen molar-refractivity contribution < 1.29 is 22.8 Å². The van der Waals surface area contributed by atoms with Gasteiger partial charge in [0.15, 0.2) is 9.84 Å². The average Bonchev–Trinajstić information content (AvgIpc) is 3.35. The molecule has 2 aromatic rings. The van der Waals surface area contributed by atoms with Crippen LogP contribution in [0.1, 0.15) is 24.8 Å². The third-order valence-electron chi connectivity index (χ3n) is 5.64. The van der Waals surface area contributed by atoms with Gasteiger partial charge in [-0.25, -0.2) is 13.2 Å². The predicted molar refractivity (Wildman–Crippen MR) is 110 cm³/mol. The van der Waals surface area contributed by atoms with Crippen molar-refractivity contribution >= 4 is 38.6 Å². The Balaban J connectivity index is 1.28. The number of aromatic amines is 1. The highest BCUT2D eigenvalue weighted by Gasteiger charge is 2.38. The Morgan fingerprint density at radius 3 is 2.80 bits per heavy atom. The Morgan fingerprint density at radius 1 is 1.23 bits per heavy atom. The van der Waals surface area contributed by atoms with E-state index in [1.165, 1.54) is 4.90 Å². The summed E-state index contributed by atoms with van der Waals surface area (Å²) in [6, 6.07) is 6.27. The lowest BCUT2D eigenvalue weighted by Crippen LogP contribution is -2.37. The number of imide groups is 1. The van der Waals surface area contributed by atoms with Gasteiger partial charge in [0, 0.05) is 36.1 Å². The van der Waals surface area contributed by atoms with E-state index >= 15 is 0 Å². The van der Waals surface area contributed by atoms with Crippen molar-refractivity contribution in [2.45, 2.75) is 37.8 Å². The molecule has 4 rings (SSSR count). The number of nitrogens with one attached hydrogen (secondary N) is 3. The summed E-state index contributed by atoms with van der Waals surface area (Å²) >= 11 is 0. The molecular weight excluding hydrogens is 408 g/mol. The van der Waals surface area contributed by atoms with Crippen molar-refractivity contribution in [2.24, 2.45) is 0 Å². The second-order valence-corrected chi connectivity index (χ2v) is 10.0. The molecule has 1 aromatic heterocycles. The first-order chi connectivity index (χ1) is 14.3. The lowest BCUT2D eigenvalue weighted by molar-refractivity contribution is -0.127. The molecule has 0 aliphatic carbocycles. The van der Waals surface area contributed by atoms with Crippen LogP contribution in [-0.4, -0.2) is 66.3 Å². The number of H-pyrrole nitrogens is 1. The Labute approximate surface area is 174 Å². The first-order valence-corrected chi connectivity index (χ1v) is 11.8. The second kappa shape index (κ2) is 8.10.